The molecule has 88 valence electrons. The van der Waals surface area contributed by atoms with E-state index in [2.05, 4.69) is 6.92 Å². The lowest BCUT2D eigenvalue weighted by Gasteiger charge is -2.41. The van der Waals surface area contributed by atoms with Crippen molar-refractivity contribution >= 4 is 6.09 Å². The third-order valence-corrected chi connectivity index (χ3v) is 2.82. The molecule has 1 fully saturated rings. The number of rotatable bonds is 3. The lowest BCUT2D eigenvalue weighted by atomic mass is 9.91. The average molecular weight is 214 g/mol. The molecule has 15 heavy (non-hydrogen) atoms. The first-order chi connectivity index (χ1) is 6.81. The van der Waals surface area contributed by atoms with Gasteiger partial charge in [0.2, 0.25) is 0 Å². The molecule has 1 rings (SSSR count). The zero-order valence-corrected chi connectivity index (χ0v) is 10.2. The van der Waals surface area contributed by atoms with E-state index in [1.165, 1.54) is 0 Å². The van der Waals surface area contributed by atoms with Crippen molar-refractivity contribution in [1.29, 1.82) is 0 Å². The van der Waals surface area contributed by atoms with Crippen LogP contribution in [0.25, 0.3) is 0 Å². The van der Waals surface area contributed by atoms with Gasteiger partial charge in [-0.15, -0.1) is 0 Å². The summed E-state index contributed by atoms with van der Waals surface area (Å²) in [6.45, 7) is 9.28. The van der Waals surface area contributed by atoms with E-state index in [9.17, 15) is 4.79 Å². The second kappa shape index (κ2) is 4.00. The van der Waals surface area contributed by atoms with Crippen LogP contribution in [-0.2, 0) is 4.74 Å². The Morgan fingerprint density at radius 1 is 1.53 bits per heavy atom. The molecule has 1 unspecified atom stereocenters. The maximum absolute atomic E-state index is 11.7. The van der Waals surface area contributed by atoms with E-state index in [1.54, 1.807) is 0 Å². The van der Waals surface area contributed by atoms with Crippen LogP contribution in [0.1, 0.15) is 40.5 Å². The monoisotopic (exact) mass is 214 g/mol. The van der Waals surface area contributed by atoms with Crippen LogP contribution in [0.15, 0.2) is 0 Å². The molecule has 0 radical (unpaired) electrons. The highest BCUT2D eigenvalue weighted by Crippen LogP contribution is 2.34. The predicted molar refractivity (Wildman–Crippen MR) is 59.6 cm³/mol. The number of hydrogen-bond donors (Lipinski definition) is 1. The van der Waals surface area contributed by atoms with Gasteiger partial charge in [-0.1, -0.05) is 0 Å². The van der Waals surface area contributed by atoms with Crippen molar-refractivity contribution < 1.29 is 9.53 Å². The normalized spacial score (nSPS) is 27.0. The molecule has 1 aliphatic rings. The van der Waals surface area contributed by atoms with Crippen molar-refractivity contribution in [2.24, 2.45) is 5.73 Å². The summed E-state index contributed by atoms with van der Waals surface area (Å²) in [7, 11) is 0. The van der Waals surface area contributed by atoms with Gasteiger partial charge in [-0.3, -0.25) is 4.90 Å². The Bertz CT molecular complexity index is 247. The Morgan fingerprint density at radius 3 is 2.60 bits per heavy atom. The van der Waals surface area contributed by atoms with Crippen LogP contribution >= 0.6 is 0 Å². The van der Waals surface area contributed by atoms with Crippen LogP contribution in [0.2, 0.25) is 0 Å². The highest BCUT2D eigenvalue weighted by atomic mass is 16.6. The summed E-state index contributed by atoms with van der Waals surface area (Å²) < 4.78 is 5.15. The van der Waals surface area contributed by atoms with Gasteiger partial charge in [-0.05, 0) is 47.1 Å². The van der Waals surface area contributed by atoms with Gasteiger partial charge in [0.25, 0.3) is 0 Å². The summed E-state index contributed by atoms with van der Waals surface area (Å²) in [5.41, 5.74) is 5.11. The van der Waals surface area contributed by atoms with E-state index in [4.69, 9.17) is 10.5 Å². The first-order valence-corrected chi connectivity index (χ1v) is 5.48. The molecular weight excluding hydrogens is 192 g/mol. The average Bonchev–Trinajstić information content (AvgIpc) is 2.39. The summed E-state index contributed by atoms with van der Waals surface area (Å²) in [6.07, 6.45) is 1.61. The van der Waals surface area contributed by atoms with Crippen LogP contribution in [0.3, 0.4) is 0 Å². The van der Waals surface area contributed by atoms with E-state index < -0.39 is 0 Å². The molecule has 1 saturated heterocycles. The van der Waals surface area contributed by atoms with E-state index in [0.29, 0.717) is 13.2 Å². The van der Waals surface area contributed by atoms with Crippen LogP contribution in [0.4, 0.5) is 4.79 Å². The maximum Gasteiger partial charge on any atom is 0.410 e. The highest BCUT2D eigenvalue weighted by Gasteiger charge is 2.48. The second-order valence-corrected chi connectivity index (χ2v) is 5.45. The van der Waals surface area contributed by atoms with Gasteiger partial charge in [0, 0.05) is 5.54 Å². The number of cyclic esters (lactones) is 1. The van der Waals surface area contributed by atoms with Crippen molar-refractivity contribution in [2.75, 3.05) is 13.2 Å². The topological polar surface area (TPSA) is 55.6 Å². The van der Waals surface area contributed by atoms with Crippen molar-refractivity contribution in [3.63, 3.8) is 0 Å². The van der Waals surface area contributed by atoms with Gasteiger partial charge >= 0.3 is 6.09 Å². The zero-order chi connectivity index (χ0) is 11.7. The van der Waals surface area contributed by atoms with E-state index in [-0.39, 0.29) is 17.2 Å². The first kappa shape index (κ1) is 12.3. The van der Waals surface area contributed by atoms with Gasteiger partial charge in [-0.2, -0.15) is 0 Å². The molecule has 1 heterocycles. The molecule has 2 N–H and O–H groups in total. The lowest BCUT2D eigenvalue weighted by Crippen LogP contribution is -2.54. The minimum absolute atomic E-state index is 0.197. The molecule has 0 aliphatic carbocycles. The summed E-state index contributed by atoms with van der Waals surface area (Å²) in [5.74, 6) is 0. The molecule has 1 atom stereocenters. The molecule has 0 spiro atoms. The van der Waals surface area contributed by atoms with Gasteiger partial charge in [0.15, 0.2) is 0 Å². The molecule has 0 aromatic heterocycles. The molecule has 1 aliphatic heterocycles. The standard InChI is InChI=1S/C11H22N2O2/c1-10(2,3)13-9(14)15-8-11(13,4)6-5-7-12/h5-8,12H2,1-4H3. The van der Waals surface area contributed by atoms with Crippen molar-refractivity contribution in [1.82, 2.24) is 4.90 Å². The van der Waals surface area contributed by atoms with E-state index in [0.717, 1.165) is 12.8 Å². The largest absolute Gasteiger partial charge is 0.447 e. The number of nitrogens with zero attached hydrogens (tertiary/aromatic N) is 1. The highest BCUT2D eigenvalue weighted by molar-refractivity contribution is 5.72. The van der Waals surface area contributed by atoms with E-state index >= 15 is 0 Å². The summed E-state index contributed by atoms with van der Waals surface area (Å²) in [6, 6.07) is 0. The van der Waals surface area contributed by atoms with Gasteiger partial charge in [0.05, 0.1) is 5.54 Å². The second-order valence-electron chi connectivity index (χ2n) is 5.45. The fourth-order valence-electron chi connectivity index (χ4n) is 2.32. The summed E-state index contributed by atoms with van der Waals surface area (Å²) in [5, 5.41) is 0. The van der Waals surface area contributed by atoms with Crippen LogP contribution in [0.5, 0.6) is 0 Å². The fraction of sp³-hybridized carbons (Fsp3) is 0.909. The Hall–Kier alpha value is -0.770. The molecule has 0 aromatic carbocycles. The lowest BCUT2D eigenvalue weighted by molar-refractivity contribution is 0.0824. The van der Waals surface area contributed by atoms with E-state index in [1.807, 2.05) is 25.7 Å². The maximum atomic E-state index is 11.7. The van der Waals surface area contributed by atoms with Crippen LogP contribution in [0, 0.1) is 0 Å². The number of carbonyl (C=O) groups is 1. The Labute approximate surface area is 91.8 Å². The third-order valence-electron chi connectivity index (χ3n) is 2.82. The minimum atomic E-state index is -0.206. The molecule has 1 amide bonds. The Morgan fingerprint density at radius 2 is 2.13 bits per heavy atom. The third kappa shape index (κ3) is 2.43. The van der Waals surface area contributed by atoms with Crippen LogP contribution < -0.4 is 5.73 Å². The number of carbonyl (C=O) groups excluding carboxylic acids is 1. The Balaban J connectivity index is 2.83. The van der Waals surface area contributed by atoms with Crippen molar-refractivity contribution in [3.05, 3.63) is 0 Å². The number of amides is 1. The van der Waals surface area contributed by atoms with Gasteiger partial charge < -0.3 is 10.5 Å². The molecule has 0 saturated carbocycles. The van der Waals surface area contributed by atoms with Crippen molar-refractivity contribution in [3.8, 4) is 0 Å². The van der Waals surface area contributed by atoms with Gasteiger partial charge in [0.1, 0.15) is 6.61 Å². The number of ether oxygens (including phenoxy) is 1. The number of hydrogen-bond acceptors (Lipinski definition) is 3. The molecule has 0 aromatic rings. The quantitative estimate of drug-likeness (QED) is 0.778. The number of nitrogens with two attached hydrogens (primary N) is 1. The summed E-state index contributed by atoms with van der Waals surface area (Å²) >= 11 is 0. The van der Waals surface area contributed by atoms with Crippen LogP contribution in [-0.4, -0.2) is 35.2 Å². The van der Waals surface area contributed by atoms with Gasteiger partial charge in [-0.25, -0.2) is 4.79 Å². The summed E-state index contributed by atoms with van der Waals surface area (Å²) in [4.78, 5) is 13.5. The SMILES string of the molecule is CC(C)(C)N1C(=O)OCC1(C)CCCN. The predicted octanol–water partition coefficient (Wildman–Crippen LogP) is 1.73. The zero-order valence-electron chi connectivity index (χ0n) is 10.2. The first-order valence-electron chi connectivity index (χ1n) is 5.48. The van der Waals surface area contributed by atoms with Crippen molar-refractivity contribution in [2.45, 2.75) is 51.6 Å². The molecular formula is C11H22N2O2. The smallest absolute Gasteiger partial charge is 0.410 e. The molecule has 4 nitrogen and oxygen atoms in total. The minimum Gasteiger partial charge on any atom is -0.447 e. The fourth-order valence-corrected chi connectivity index (χ4v) is 2.32. The Kier molecular flexibility index (Phi) is 3.28. The molecule has 0 bridgehead atoms. The molecule has 4 heteroatoms.